The number of rotatable bonds is 10. The van der Waals surface area contributed by atoms with Crippen LogP contribution in [0.3, 0.4) is 0 Å². The lowest BCUT2D eigenvalue weighted by Crippen LogP contribution is -2.50. The lowest BCUT2D eigenvalue weighted by Gasteiger charge is -2.41. The largest absolute Gasteiger partial charge is 0.496 e. The maximum Gasteiger partial charge on any atom is 0.471 e. The van der Waals surface area contributed by atoms with Crippen molar-refractivity contribution < 1.29 is 42.1 Å². The Bertz CT molecular complexity index is 1490. The smallest absolute Gasteiger partial charge is 0.471 e. The number of hydrogen-bond acceptors (Lipinski definition) is 7. The second-order valence-corrected chi connectivity index (χ2v) is 12.5. The molecule has 0 unspecified atom stereocenters. The molecule has 3 aromatic rings. The molecule has 2 fully saturated rings. The molecule has 2 aliphatic heterocycles. The van der Waals surface area contributed by atoms with Gasteiger partial charge in [-0.3, -0.25) is 9.59 Å². The average Bonchev–Trinajstić information content (AvgIpc) is 3.56. The van der Waals surface area contributed by atoms with Crippen LogP contribution >= 0.6 is 11.8 Å². The van der Waals surface area contributed by atoms with E-state index in [1.165, 1.54) is 0 Å². The van der Waals surface area contributed by atoms with E-state index in [1.54, 1.807) is 31.0 Å². The molecule has 0 radical (unpaired) electrons. The highest BCUT2D eigenvalue weighted by atomic mass is 32.2. The van der Waals surface area contributed by atoms with Crippen LogP contribution in [-0.4, -0.2) is 59.6 Å². The Hall–Kier alpha value is -3.58. The van der Waals surface area contributed by atoms with Crippen molar-refractivity contribution in [2.75, 3.05) is 19.4 Å². The van der Waals surface area contributed by atoms with E-state index < -0.39 is 30.3 Å². The minimum Gasteiger partial charge on any atom is -0.496 e. The van der Waals surface area contributed by atoms with E-state index in [-0.39, 0.29) is 44.2 Å². The molecule has 2 saturated heterocycles. The van der Waals surface area contributed by atoms with Gasteiger partial charge in [-0.25, -0.2) is 0 Å². The molecule has 3 aromatic carbocycles. The molecule has 0 bridgehead atoms. The van der Waals surface area contributed by atoms with Crippen LogP contribution in [0.1, 0.15) is 54.4 Å². The van der Waals surface area contributed by atoms with Crippen molar-refractivity contribution >= 4 is 23.6 Å². The number of nitrogens with one attached hydrogen (secondary N) is 1. The van der Waals surface area contributed by atoms with Gasteiger partial charge in [0.05, 0.1) is 25.9 Å². The minimum absolute atomic E-state index is 0.00713. The number of carbonyl (C=O) groups excluding carboxylic acids is 2. The van der Waals surface area contributed by atoms with Gasteiger partial charge in [0.15, 0.2) is 6.29 Å². The normalized spacial score (nSPS) is 23.3. The Kier molecular flexibility index (Phi) is 10.9. The number of nitrogens with zero attached hydrogens (tertiary/aromatic N) is 1. The van der Waals surface area contributed by atoms with Gasteiger partial charge in [0.25, 0.3) is 0 Å². The topological polar surface area (TPSA) is 97.3 Å². The molecule has 46 heavy (non-hydrogen) atoms. The highest BCUT2D eigenvalue weighted by Crippen LogP contribution is 2.43. The number of aliphatic hydroxyl groups excluding tert-OH is 1. The maximum atomic E-state index is 13.0. The van der Waals surface area contributed by atoms with Crippen LogP contribution < -0.4 is 10.1 Å². The number of halogens is 3. The molecule has 12 heteroatoms. The second-order valence-electron chi connectivity index (χ2n) is 11.4. The Morgan fingerprint density at radius 1 is 1.00 bits per heavy atom. The Morgan fingerprint density at radius 2 is 1.67 bits per heavy atom. The van der Waals surface area contributed by atoms with Gasteiger partial charge in [-0.2, -0.15) is 13.2 Å². The highest BCUT2D eigenvalue weighted by Gasteiger charge is 2.47. The number of ether oxygens (including phenoxy) is 3. The second kappa shape index (κ2) is 14.9. The molecule has 2 N–H and O–H groups in total. The molecule has 5 rings (SSSR count). The summed E-state index contributed by atoms with van der Waals surface area (Å²) in [7, 11) is 1.64. The first-order valence-electron chi connectivity index (χ1n) is 15.1. The summed E-state index contributed by atoms with van der Waals surface area (Å²) in [6.07, 6.45) is -5.67. The Labute approximate surface area is 270 Å². The number of benzene rings is 3. The number of amides is 2. The quantitative estimate of drug-likeness (QED) is 0.260. The molecule has 5 atom stereocenters. The first-order chi connectivity index (χ1) is 22.1. The van der Waals surface area contributed by atoms with Gasteiger partial charge in [-0.1, -0.05) is 67.6 Å². The summed E-state index contributed by atoms with van der Waals surface area (Å²) < 4.78 is 57.5. The third-order valence-corrected chi connectivity index (χ3v) is 9.52. The average molecular weight is 659 g/mol. The third-order valence-electron chi connectivity index (χ3n) is 8.37. The zero-order chi connectivity index (χ0) is 32.8. The summed E-state index contributed by atoms with van der Waals surface area (Å²) in [5.41, 5.74) is 3.27. The van der Waals surface area contributed by atoms with E-state index >= 15 is 0 Å². The Morgan fingerprint density at radius 3 is 2.35 bits per heavy atom. The standard InChI is InChI=1S/C34H37F3N2O6S/c1-21-28(20-46-29-8-4-3-7-27(29)43-2)44-32(45-30(21)24-13-11-23(19-40)12-14-24)25-15-9-22(10-16-25)18-38-31(41)26-6-5-17-39(26)33(42)34(35,36)37/h3-4,7-16,21,26,28,30,32,40H,5-6,17-20H2,1-2H3,(H,38,41)/t21-,26-,28+,30+,32+/m0/s1. The van der Waals surface area contributed by atoms with E-state index in [9.17, 15) is 27.9 Å². The fraction of sp³-hybridized carbons (Fsp3) is 0.412. The molecule has 0 spiro atoms. The number of thioether (sulfide) groups is 1. The van der Waals surface area contributed by atoms with Crippen LogP contribution in [-0.2, 0) is 32.2 Å². The van der Waals surface area contributed by atoms with Gasteiger partial charge < -0.3 is 29.5 Å². The van der Waals surface area contributed by atoms with E-state index in [0.29, 0.717) is 17.1 Å². The molecule has 0 aliphatic carbocycles. The van der Waals surface area contributed by atoms with Crippen LogP contribution in [0.2, 0.25) is 0 Å². The predicted molar refractivity (Wildman–Crippen MR) is 166 cm³/mol. The van der Waals surface area contributed by atoms with Gasteiger partial charge in [0, 0.05) is 35.2 Å². The number of hydrogen-bond donors (Lipinski definition) is 2. The Balaban J connectivity index is 1.28. The third kappa shape index (κ3) is 7.86. The molecule has 246 valence electrons. The molecule has 8 nitrogen and oxygen atoms in total. The van der Waals surface area contributed by atoms with Crippen molar-refractivity contribution in [1.29, 1.82) is 0 Å². The van der Waals surface area contributed by atoms with Crippen LogP contribution in [0.4, 0.5) is 13.2 Å². The predicted octanol–water partition coefficient (Wildman–Crippen LogP) is 5.94. The number of likely N-dealkylation sites (tertiary alicyclic amines) is 1. The molecule has 0 aromatic heterocycles. The van der Waals surface area contributed by atoms with Crippen molar-refractivity contribution in [3.63, 3.8) is 0 Å². The van der Waals surface area contributed by atoms with Crippen molar-refractivity contribution in [2.45, 2.75) is 68.5 Å². The van der Waals surface area contributed by atoms with Crippen molar-refractivity contribution in [1.82, 2.24) is 10.2 Å². The summed E-state index contributed by atoms with van der Waals surface area (Å²) in [5.74, 6) is -1.18. The van der Waals surface area contributed by atoms with E-state index in [1.807, 2.05) is 60.7 Å². The summed E-state index contributed by atoms with van der Waals surface area (Å²) in [6.45, 7) is 2.03. The summed E-state index contributed by atoms with van der Waals surface area (Å²) in [4.78, 5) is 26.1. The summed E-state index contributed by atoms with van der Waals surface area (Å²) >= 11 is 1.64. The van der Waals surface area contributed by atoms with Crippen molar-refractivity contribution in [2.24, 2.45) is 5.92 Å². The van der Waals surface area contributed by atoms with Crippen LogP contribution in [0.15, 0.2) is 77.7 Å². The molecule has 0 saturated carbocycles. The van der Waals surface area contributed by atoms with E-state index in [4.69, 9.17) is 14.2 Å². The first-order valence-corrected chi connectivity index (χ1v) is 16.1. The summed E-state index contributed by atoms with van der Waals surface area (Å²) in [5, 5.41) is 12.2. The van der Waals surface area contributed by atoms with Crippen molar-refractivity contribution in [3.05, 3.63) is 95.1 Å². The number of para-hydroxylation sites is 1. The van der Waals surface area contributed by atoms with Gasteiger partial charge in [-0.05, 0) is 41.7 Å². The number of alkyl halides is 3. The molecule has 2 amide bonds. The highest BCUT2D eigenvalue weighted by molar-refractivity contribution is 7.99. The lowest BCUT2D eigenvalue weighted by atomic mass is 9.91. The van der Waals surface area contributed by atoms with Gasteiger partial charge in [-0.15, -0.1) is 11.8 Å². The van der Waals surface area contributed by atoms with E-state index in [0.717, 1.165) is 32.9 Å². The van der Waals surface area contributed by atoms with Crippen molar-refractivity contribution in [3.8, 4) is 5.75 Å². The minimum atomic E-state index is -5.02. The summed E-state index contributed by atoms with van der Waals surface area (Å²) in [6, 6.07) is 21.6. The zero-order valence-corrected chi connectivity index (χ0v) is 26.4. The van der Waals surface area contributed by atoms with Gasteiger partial charge in [0.2, 0.25) is 5.91 Å². The number of methoxy groups -OCH3 is 1. The van der Waals surface area contributed by atoms with Gasteiger partial charge in [0.1, 0.15) is 11.8 Å². The van der Waals surface area contributed by atoms with Crippen LogP contribution in [0.5, 0.6) is 5.75 Å². The molecular formula is C34H37F3N2O6S. The van der Waals surface area contributed by atoms with Crippen LogP contribution in [0, 0.1) is 5.92 Å². The molecule has 2 aliphatic rings. The molecule has 2 heterocycles. The SMILES string of the molecule is COc1ccccc1SC[C@H]1O[C@@H](c2ccc(CNC(=O)[C@@H]3CCCN3C(=O)C(F)(F)F)cc2)O[C@@H](c2ccc(CO)cc2)[C@H]1C. The maximum absolute atomic E-state index is 13.0. The van der Waals surface area contributed by atoms with Crippen LogP contribution in [0.25, 0.3) is 0 Å². The van der Waals surface area contributed by atoms with E-state index in [2.05, 4.69) is 12.2 Å². The fourth-order valence-corrected chi connectivity index (χ4v) is 6.96. The fourth-order valence-electron chi connectivity index (χ4n) is 5.76. The monoisotopic (exact) mass is 658 g/mol. The molecular weight excluding hydrogens is 621 g/mol. The number of carbonyl (C=O) groups is 2. The zero-order valence-electron chi connectivity index (χ0n) is 25.5. The first kappa shape index (κ1) is 33.8. The number of aliphatic hydroxyl groups is 1. The lowest BCUT2D eigenvalue weighted by molar-refractivity contribution is -0.268. The van der Waals surface area contributed by atoms with Gasteiger partial charge >= 0.3 is 12.1 Å².